The minimum atomic E-state index is -0.199. The number of hydrogen-bond donors (Lipinski definition) is 2. The Morgan fingerprint density at radius 1 is 0.914 bits per heavy atom. The van der Waals surface area contributed by atoms with Gasteiger partial charge < -0.3 is 24.7 Å². The number of likely N-dealkylation sites (N-methyl/N-ethyl adjacent to an activating group) is 1. The molecule has 35 heavy (non-hydrogen) atoms. The van der Waals surface area contributed by atoms with Crippen molar-refractivity contribution in [2.45, 2.75) is 13.5 Å². The van der Waals surface area contributed by atoms with Gasteiger partial charge in [-0.3, -0.25) is 9.59 Å². The van der Waals surface area contributed by atoms with Gasteiger partial charge in [0.25, 0.3) is 11.8 Å². The molecule has 0 fully saturated rings. The summed E-state index contributed by atoms with van der Waals surface area (Å²) in [6.07, 6.45) is 0. The zero-order valence-electron chi connectivity index (χ0n) is 20.1. The van der Waals surface area contributed by atoms with E-state index < -0.39 is 0 Å². The Bertz CT molecular complexity index is 1350. The summed E-state index contributed by atoms with van der Waals surface area (Å²) in [6, 6.07) is 23.2. The molecule has 7 heteroatoms. The number of ether oxygens (including phenoxy) is 2. The van der Waals surface area contributed by atoms with Crippen LogP contribution in [0.15, 0.2) is 72.8 Å². The summed E-state index contributed by atoms with van der Waals surface area (Å²) in [5, 5.41) is 6.65. The van der Waals surface area contributed by atoms with Crippen LogP contribution in [0.25, 0.3) is 22.2 Å². The normalized spacial score (nSPS) is 10.7. The molecule has 0 radical (unpaired) electrons. The molecule has 0 spiro atoms. The standard InChI is InChI=1S/C28H29N3O4/c1-4-29-25(32)18-35-23-15-14-19(16-24(23)34-3)17-30-28(33)26-21-12-8-9-13-22(21)31(2)27(26)20-10-6-5-7-11-20/h5-16H,4,17-18H2,1-3H3,(H,29,32)(H,30,33). The van der Waals surface area contributed by atoms with Crippen molar-refractivity contribution in [3.05, 3.63) is 83.9 Å². The Kier molecular flexibility index (Phi) is 7.35. The monoisotopic (exact) mass is 471 g/mol. The van der Waals surface area contributed by atoms with Crippen molar-refractivity contribution in [1.82, 2.24) is 15.2 Å². The second-order valence-corrected chi connectivity index (χ2v) is 8.08. The fourth-order valence-electron chi connectivity index (χ4n) is 4.16. The molecule has 3 aromatic carbocycles. The number of amides is 2. The molecule has 0 saturated heterocycles. The van der Waals surface area contributed by atoms with E-state index in [1.807, 2.05) is 74.6 Å². The number of rotatable bonds is 9. The number of benzene rings is 3. The summed E-state index contributed by atoms with van der Waals surface area (Å²) in [5.41, 5.74) is 4.33. The zero-order chi connectivity index (χ0) is 24.8. The van der Waals surface area contributed by atoms with E-state index >= 15 is 0 Å². The average Bonchev–Trinajstić information content (AvgIpc) is 3.19. The topological polar surface area (TPSA) is 81.6 Å². The number of aromatic nitrogens is 1. The van der Waals surface area contributed by atoms with Gasteiger partial charge in [0.05, 0.1) is 18.4 Å². The highest BCUT2D eigenvalue weighted by molar-refractivity contribution is 6.12. The van der Waals surface area contributed by atoms with Gasteiger partial charge in [0.2, 0.25) is 0 Å². The highest BCUT2D eigenvalue weighted by Crippen LogP contribution is 2.33. The van der Waals surface area contributed by atoms with E-state index in [-0.39, 0.29) is 18.4 Å². The van der Waals surface area contributed by atoms with Gasteiger partial charge in [-0.25, -0.2) is 0 Å². The summed E-state index contributed by atoms with van der Waals surface area (Å²) in [4.78, 5) is 25.2. The van der Waals surface area contributed by atoms with Crippen LogP contribution in [0.3, 0.4) is 0 Å². The maximum Gasteiger partial charge on any atom is 0.257 e. The lowest BCUT2D eigenvalue weighted by Crippen LogP contribution is -2.28. The first-order valence-corrected chi connectivity index (χ1v) is 11.5. The van der Waals surface area contributed by atoms with Gasteiger partial charge in [-0.05, 0) is 36.2 Å². The third kappa shape index (κ3) is 5.14. The quantitative estimate of drug-likeness (QED) is 0.381. The molecule has 7 nitrogen and oxygen atoms in total. The van der Waals surface area contributed by atoms with E-state index in [0.717, 1.165) is 27.7 Å². The molecule has 1 aromatic heterocycles. The van der Waals surface area contributed by atoms with Crippen molar-refractivity contribution in [2.75, 3.05) is 20.3 Å². The summed E-state index contributed by atoms with van der Waals surface area (Å²) in [6.45, 7) is 2.61. The van der Waals surface area contributed by atoms with Crippen molar-refractivity contribution in [3.63, 3.8) is 0 Å². The van der Waals surface area contributed by atoms with E-state index in [2.05, 4.69) is 15.2 Å². The van der Waals surface area contributed by atoms with Gasteiger partial charge in [-0.1, -0.05) is 54.6 Å². The van der Waals surface area contributed by atoms with E-state index in [4.69, 9.17) is 9.47 Å². The van der Waals surface area contributed by atoms with Crippen LogP contribution in [0.1, 0.15) is 22.8 Å². The third-order valence-corrected chi connectivity index (χ3v) is 5.80. The molecule has 1 heterocycles. The van der Waals surface area contributed by atoms with Gasteiger partial charge in [-0.2, -0.15) is 0 Å². The predicted molar refractivity (Wildman–Crippen MR) is 137 cm³/mol. The minimum absolute atomic E-state index is 0.0936. The summed E-state index contributed by atoms with van der Waals surface area (Å²) in [7, 11) is 3.52. The number of nitrogens with one attached hydrogen (secondary N) is 2. The molecule has 0 aliphatic heterocycles. The van der Waals surface area contributed by atoms with Gasteiger partial charge in [0.1, 0.15) is 0 Å². The highest BCUT2D eigenvalue weighted by atomic mass is 16.5. The Morgan fingerprint density at radius 3 is 2.40 bits per heavy atom. The largest absolute Gasteiger partial charge is 0.493 e. The summed E-state index contributed by atoms with van der Waals surface area (Å²) < 4.78 is 13.1. The molecule has 0 unspecified atom stereocenters. The maximum absolute atomic E-state index is 13.5. The second-order valence-electron chi connectivity index (χ2n) is 8.08. The van der Waals surface area contributed by atoms with Crippen LogP contribution in [0.4, 0.5) is 0 Å². The van der Waals surface area contributed by atoms with Crippen LogP contribution >= 0.6 is 0 Å². The van der Waals surface area contributed by atoms with Gasteiger partial charge >= 0.3 is 0 Å². The van der Waals surface area contributed by atoms with Gasteiger partial charge in [-0.15, -0.1) is 0 Å². The maximum atomic E-state index is 13.5. The third-order valence-electron chi connectivity index (χ3n) is 5.80. The molecule has 0 atom stereocenters. The molecular weight excluding hydrogens is 442 g/mol. The molecule has 2 N–H and O–H groups in total. The van der Waals surface area contributed by atoms with Crippen molar-refractivity contribution < 1.29 is 19.1 Å². The van der Waals surface area contributed by atoms with E-state index in [9.17, 15) is 9.59 Å². The van der Waals surface area contributed by atoms with Crippen LogP contribution < -0.4 is 20.1 Å². The number of nitrogens with zero attached hydrogens (tertiary/aromatic N) is 1. The van der Waals surface area contributed by atoms with Crippen molar-refractivity contribution in [3.8, 4) is 22.8 Å². The Hall–Kier alpha value is -4.26. The number of hydrogen-bond acceptors (Lipinski definition) is 4. The molecule has 2 amide bonds. The summed E-state index contributed by atoms with van der Waals surface area (Å²) >= 11 is 0. The number of carbonyl (C=O) groups is 2. The van der Waals surface area contributed by atoms with Crippen LogP contribution in [0.2, 0.25) is 0 Å². The van der Waals surface area contributed by atoms with E-state index in [0.29, 0.717) is 30.2 Å². The Balaban J connectivity index is 1.56. The average molecular weight is 472 g/mol. The lowest BCUT2D eigenvalue weighted by Gasteiger charge is -2.13. The number of para-hydroxylation sites is 1. The van der Waals surface area contributed by atoms with Crippen LogP contribution in [-0.4, -0.2) is 36.6 Å². The molecule has 0 saturated carbocycles. The van der Waals surface area contributed by atoms with E-state index in [1.54, 1.807) is 19.2 Å². The fourth-order valence-corrected chi connectivity index (χ4v) is 4.16. The van der Waals surface area contributed by atoms with Crippen molar-refractivity contribution in [2.24, 2.45) is 7.05 Å². The SMILES string of the molecule is CCNC(=O)COc1ccc(CNC(=O)c2c(-c3ccccc3)n(C)c3ccccc23)cc1OC. The lowest BCUT2D eigenvalue weighted by molar-refractivity contribution is -0.123. The number of methoxy groups -OCH3 is 1. The van der Waals surface area contributed by atoms with Crippen LogP contribution in [0.5, 0.6) is 11.5 Å². The van der Waals surface area contributed by atoms with Crippen molar-refractivity contribution >= 4 is 22.7 Å². The first-order chi connectivity index (χ1) is 17.0. The number of aryl methyl sites for hydroxylation is 1. The Morgan fingerprint density at radius 2 is 1.66 bits per heavy atom. The van der Waals surface area contributed by atoms with Gasteiger partial charge in [0.15, 0.2) is 18.1 Å². The fraction of sp³-hybridized carbons (Fsp3) is 0.214. The minimum Gasteiger partial charge on any atom is -0.493 e. The highest BCUT2D eigenvalue weighted by Gasteiger charge is 2.22. The van der Waals surface area contributed by atoms with Crippen LogP contribution in [0, 0.1) is 0 Å². The van der Waals surface area contributed by atoms with E-state index in [1.165, 1.54) is 0 Å². The molecule has 4 aromatic rings. The zero-order valence-corrected chi connectivity index (χ0v) is 20.1. The number of fused-ring (bicyclic) bond motifs is 1. The first-order valence-electron chi connectivity index (χ1n) is 11.5. The van der Waals surface area contributed by atoms with Crippen LogP contribution in [-0.2, 0) is 18.4 Å². The molecule has 180 valence electrons. The number of carbonyl (C=O) groups excluding carboxylic acids is 2. The second kappa shape index (κ2) is 10.8. The first kappa shape index (κ1) is 23.9. The summed E-state index contributed by atoms with van der Waals surface area (Å²) in [5.74, 6) is 0.608. The molecule has 0 bridgehead atoms. The smallest absolute Gasteiger partial charge is 0.257 e. The lowest BCUT2D eigenvalue weighted by atomic mass is 10.0. The van der Waals surface area contributed by atoms with Gasteiger partial charge in [0, 0.05) is 31.0 Å². The Labute approximate surface area is 204 Å². The molecular formula is C28H29N3O4. The molecule has 4 rings (SSSR count). The molecule has 0 aliphatic rings. The predicted octanol–water partition coefficient (Wildman–Crippen LogP) is 4.30. The van der Waals surface area contributed by atoms with Crippen molar-refractivity contribution in [1.29, 1.82) is 0 Å². The molecule has 0 aliphatic carbocycles.